The van der Waals surface area contributed by atoms with Gasteiger partial charge >= 0.3 is 0 Å². The summed E-state index contributed by atoms with van der Waals surface area (Å²) in [5, 5.41) is 8.13. The van der Waals surface area contributed by atoms with Crippen LogP contribution in [0, 0.1) is 13.8 Å². The third kappa shape index (κ3) is 3.53. The average Bonchev–Trinajstić information content (AvgIpc) is 2.92. The van der Waals surface area contributed by atoms with Crippen LogP contribution in [0.5, 0.6) is 0 Å². The molecule has 0 aliphatic rings. The summed E-state index contributed by atoms with van der Waals surface area (Å²) < 4.78 is 5.01. The van der Waals surface area contributed by atoms with E-state index in [-0.39, 0.29) is 11.2 Å². The molecule has 0 aliphatic carbocycles. The van der Waals surface area contributed by atoms with E-state index in [1.54, 1.807) is 13.0 Å². The van der Waals surface area contributed by atoms with Crippen LogP contribution in [0.15, 0.2) is 45.9 Å². The number of rotatable bonds is 4. The van der Waals surface area contributed by atoms with E-state index < -0.39 is 0 Å². The number of carbonyl (C=O) groups is 1. The summed E-state index contributed by atoms with van der Waals surface area (Å²) in [6, 6.07) is 11.7. The van der Waals surface area contributed by atoms with Gasteiger partial charge in [-0.1, -0.05) is 35.1 Å². The van der Waals surface area contributed by atoms with Crippen molar-refractivity contribution in [1.82, 2.24) is 10.1 Å². The Morgan fingerprint density at radius 2 is 2.04 bits per heavy atom. The van der Waals surface area contributed by atoms with Gasteiger partial charge in [0.15, 0.2) is 0 Å². The van der Waals surface area contributed by atoms with Crippen molar-refractivity contribution in [2.75, 3.05) is 5.32 Å². The Labute approximate surface area is 138 Å². The van der Waals surface area contributed by atoms with Gasteiger partial charge in [0.1, 0.15) is 0 Å². The lowest BCUT2D eigenvalue weighted by atomic mass is 10.1. The number of carbonyl (C=O) groups excluding carboxylic acids is 1. The molecule has 3 rings (SSSR count). The first-order valence-corrected chi connectivity index (χ1v) is 8.18. The summed E-state index contributed by atoms with van der Waals surface area (Å²) in [7, 11) is 0. The minimum absolute atomic E-state index is 0.140. The molecule has 2 heterocycles. The molecule has 0 aliphatic heterocycles. The van der Waals surface area contributed by atoms with E-state index in [2.05, 4.69) is 28.4 Å². The molecule has 2 aromatic heterocycles. The highest BCUT2D eigenvalue weighted by atomic mass is 32.2. The zero-order chi connectivity index (χ0) is 16.4. The Bertz CT molecular complexity index is 860. The second kappa shape index (κ2) is 6.42. The molecule has 3 aromatic rings. The summed E-state index contributed by atoms with van der Waals surface area (Å²) in [6.07, 6.45) is 0. The Balaban J connectivity index is 1.74. The monoisotopic (exact) mass is 327 g/mol. The lowest BCUT2D eigenvalue weighted by Crippen LogP contribution is -2.22. The molecule has 0 saturated heterocycles. The predicted octanol–water partition coefficient (Wildman–Crippen LogP) is 3.96. The first-order valence-electron chi connectivity index (χ1n) is 7.30. The maximum absolute atomic E-state index is 12.2. The fraction of sp³-hybridized carbons (Fsp3) is 0.235. The summed E-state index contributed by atoms with van der Waals surface area (Å²) in [5.74, 6) is 0.223. The Morgan fingerprint density at radius 3 is 2.78 bits per heavy atom. The van der Waals surface area contributed by atoms with E-state index in [1.165, 1.54) is 11.8 Å². The molecule has 0 radical (unpaired) electrons. The third-order valence-corrected chi connectivity index (χ3v) is 4.46. The van der Waals surface area contributed by atoms with Gasteiger partial charge in [0.05, 0.1) is 21.5 Å². The van der Waals surface area contributed by atoms with E-state index in [4.69, 9.17) is 4.52 Å². The molecule has 23 heavy (non-hydrogen) atoms. The minimum atomic E-state index is -0.298. The first kappa shape index (κ1) is 15.6. The van der Waals surface area contributed by atoms with Crippen LogP contribution in [0.25, 0.3) is 10.9 Å². The van der Waals surface area contributed by atoms with Crippen molar-refractivity contribution >= 4 is 34.5 Å². The lowest BCUT2D eigenvalue weighted by molar-refractivity contribution is -0.115. The van der Waals surface area contributed by atoms with E-state index in [1.807, 2.05) is 31.2 Å². The van der Waals surface area contributed by atoms with Gasteiger partial charge in [-0.15, -0.1) is 0 Å². The van der Waals surface area contributed by atoms with Crippen LogP contribution in [0.1, 0.15) is 18.2 Å². The Morgan fingerprint density at radius 1 is 1.26 bits per heavy atom. The van der Waals surface area contributed by atoms with Crippen molar-refractivity contribution in [2.45, 2.75) is 31.0 Å². The van der Waals surface area contributed by atoms with Crippen molar-refractivity contribution in [3.63, 3.8) is 0 Å². The second-order valence-electron chi connectivity index (χ2n) is 5.38. The summed E-state index contributed by atoms with van der Waals surface area (Å²) in [6.45, 7) is 5.70. The van der Waals surface area contributed by atoms with E-state index in [0.29, 0.717) is 5.88 Å². The largest absolute Gasteiger partial charge is 0.338 e. The van der Waals surface area contributed by atoms with Crippen LogP contribution >= 0.6 is 11.8 Å². The van der Waals surface area contributed by atoms with Crippen LogP contribution < -0.4 is 5.32 Å². The molecule has 1 amide bonds. The second-order valence-corrected chi connectivity index (χ2v) is 6.74. The average molecular weight is 327 g/mol. The molecule has 118 valence electrons. The normalized spacial score (nSPS) is 12.3. The molecular formula is C17H17N3O2S. The number of benzene rings is 1. The third-order valence-electron chi connectivity index (χ3n) is 3.44. The maximum Gasteiger partial charge on any atom is 0.240 e. The first-order chi connectivity index (χ1) is 11.0. The number of fused-ring (bicyclic) bond motifs is 1. The number of aryl methyl sites for hydroxylation is 2. The minimum Gasteiger partial charge on any atom is -0.338 e. The number of amides is 1. The number of aromatic nitrogens is 2. The van der Waals surface area contributed by atoms with Gasteiger partial charge in [-0.2, -0.15) is 0 Å². The van der Waals surface area contributed by atoms with E-state index in [9.17, 15) is 4.79 Å². The predicted molar refractivity (Wildman–Crippen MR) is 91.7 cm³/mol. The number of hydrogen-bond acceptors (Lipinski definition) is 5. The van der Waals surface area contributed by atoms with Gasteiger partial charge in [-0.25, -0.2) is 4.98 Å². The maximum atomic E-state index is 12.2. The summed E-state index contributed by atoms with van der Waals surface area (Å²) in [4.78, 5) is 16.8. The van der Waals surface area contributed by atoms with Gasteiger partial charge in [-0.3, -0.25) is 10.1 Å². The zero-order valence-corrected chi connectivity index (χ0v) is 14.0. The highest BCUT2D eigenvalue weighted by molar-refractivity contribution is 8.00. The van der Waals surface area contributed by atoms with Gasteiger partial charge < -0.3 is 4.52 Å². The molecule has 0 bridgehead atoms. The molecule has 6 heteroatoms. The highest BCUT2D eigenvalue weighted by Crippen LogP contribution is 2.27. The number of nitrogens with zero attached hydrogens (tertiary/aromatic N) is 2. The standard InChI is InChI=1S/C17H17N3O2S/c1-10-8-16(18-14-7-5-4-6-13(10)14)23-12(3)17(21)19-15-9-11(2)20-22-15/h4-9,12H,1-3H3,(H,19,21)/t12-/m1/s1. The van der Waals surface area contributed by atoms with Crippen LogP contribution in [0.4, 0.5) is 5.88 Å². The van der Waals surface area contributed by atoms with Crippen molar-refractivity contribution in [1.29, 1.82) is 0 Å². The van der Waals surface area contributed by atoms with Gasteiger partial charge in [0.25, 0.3) is 0 Å². The summed E-state index contributed by atoms with van der Waals surface area (Å²) in [5.41, 5.74) is 2.82. The lowest BCUT2D eigenvalue weighted by Gasteiger charge is -2.11. The fourth-order valence-corrected chi connectivity index (χ4v) is 3.18. The Kier molecular flexibility index (Phi) is 4.34. The molecule has 5 nitrogen and oxygen atoms in total. The van der Waals surface area contributed by atoms with Gasteiger partial charge in [0.2, 0.25) is 11.8 Å². The van der Waals surface area contributed by atoms with E-state index in [0.717, 1.165) is 27.2 Å². The van der Waals surface area contributed by atoms with Gasteiger partial charge in [0, 0.05) is 11.5 Å². The SMILES string of the molecule is Cc1cc(NC(=O)[C@@H](C)Sc2cc(C)c3ccccc3n2)on1. The fourth-order valence-electron chi connectivity index (χ4n) is 2.26. The molecule has 0 unspecified atom stereocenters. The highest BCUT2D eigenvalue weighted by Gasteiger charge is 2.17. The number of para-hydroxylation sites is 1. The number of thioether (sulfide) groups is 1. The van der Waals surface area contributed by atoms with Crippen LogP contribution in [-0.4, -0.2) is 21.3 Å². The van der Waals surface area contributed by atoms with Crippen molar-refractivity contribution in [3.05, 3.63) is 47.7 Å². The quantitative estimate of drug-likeness (QED) is 0.735. The van der Waals surface area contributed by atoms with E-state index >= 15 is 0 Å². The number of hydrogen-bond donors (Lipinski definition) is 1. The molecule has 1 N–H and O–H groups in total. The van der Waals surface area contributed by atoms with Crippen molar-refractivity contribution in [2.24, 2.45) is 0 Å². The molecule has 1 atom stereocenters. The molecule has 0 saturated carbocycles. The number of nitrogens with one attached hydrogen (secondary N) is 1. The zero-order valence-electron chi connectivity index (χ0n) is 13.2. The number of anilines is 1. The smallest absolute Gasteiger partial charge is 0.240 e. The topological polar surface area (TPSA) is 68.0 Å². The molecule has 0 spiro atoms. The molecule has 1 aromatic carbocycles. The van der Waals surface area contributed by atoms with Crippen LogP contribution in [0.3, 0.4) is 0 Å². The molecule has 0 fully saturated rings. The van der Waals surface area contributed by atoms with Crippen molar-refractivity contribution in [3.8, 4) is 0 Å². The summed E-state index contributed by atoms with van der Waals surface area (Å²) >= 11 is 1.42. The Hall–Kier alpha value is -2.34. The van der Waals surface area contributed by atoms with Crippen LogP contribution in [-0.2, 0) is 4.79 Å². The number of pyridine rings is 1. The van der Waals surface area contributed by atoms with Crippen LogP contribution in [0.2, 0.25) is 0 Å². The van der Waals surface area contributed by atoms with Gasteiger partial charge in [-0.05, 0) is 38.5 Å². The molecular weight excluding hydrogens is 310 g/mol. The van der Waals surface area contributed by atoms with Crippen molar-refractivity contribution < 1.29 is 9.32 Å².